The van der Waals surface area contributed by atoms with E-state index in [9.17, 15) is 28.8 Å². The number of hydrogen-bond acceptors (Lipinski definition) is 12. The molecule has 10 rings (SSSR count). The number of fused-ring (bicyclic) bond motifs is 1. The Kier molecular flexibility index (Phi) is 9.30. The number of likely N-dealkylation sites (tertiary alicyclic amines) is 1. The lowest BCUT2D eigenvalue weighted by Crippen LogP contribution is -2.61. The van der Waals surface area contributed by atoms with Crippen molar-refractivity contribution in [3.8, 4) is 0 Å². The number of carbonyl (C=O) groups is 6. The number of hydrogen-bond donors (Lipinski definition) is 3. The number of imide groups is 2. The van der Waals surface area contributed by atoms with Crippen LogP contribution in [0.4, 0.5) is 27.8 Å². The number of nitrogens with zero attached hydrogens (tertiary/aromatic N) is 8. The van der Waals surface area contributed by atoms with Crippen molar-refractivity contribution in [1.29, 1.82) is 0 Å². The molecule has 7 amide bonds. The average molecular weight is 830 g/mol. The highest BCUT2D eigenvalue weighted by molar-refractivity contribution is 6.23. The zero-order valence-corrected chi connectivity index (χ0v) is 34.6. The van der Waals surface area contributed by atoms with Gasteiger partial charge in [0.25, 0.3) is 17.7 Å². The Bertz CT molecular complexity index is 2350. The summed E-state index contributed by atoms with van der Waals surface area (Å²) in [5.74, 6) is -1.73. The zero-order chi connectivity index (χ0) is 42.4. The maximum absolute atomic E-state index is 13.4. The molecule has 1 aliphatic carbocycles. The number of benzene rings is 2. The van der Waals surface area contributed by atoms with E-state index < -0.39 is 35.6 Å². The standard InChI is InChI=1S/C44H51N11O6/c1-43(15-18-51(19-16-43)30-23-53(24-30)28-9-10-31-32(20-28)41(60)55(40(31)59)33-11-12-35(56)49-39(33)58)26-5-7-27(8-6-26)47-38-36(37(45)57)46-21-34(48-38)52-17-3-4-29(22-52)54-25-44(13-14-44)50(2)42(54)61/h5-10,20-21,29-30,33H,3-4,11-19,22-25H2,1-2H3,(H2,45,57)(H,47,48)(H,49,56,58). The van der Waals surface area contributed by atoms with E-state index in [4.69, 9.17) is 10.7 Å². The minimum Gasteiger partial charge on any atom is -0.368 e. The maximum atomic E-state index is 13.4. The highest BCUT2D eigenvalue weighted by Crippen LogP contribution is 2.47. The zero-order valence-electron chi connectivity index (χ0n) is 34.6. The predicted molar refractivity (Wildman–Crippen MR) is 225 cm³/mol. The average Bonchev–Trinajstić information content (AvgIpc) is 3.93. The number of nitrogens with two attached hydrogens (primary N) is 1. The number of urea groups is 1. The topological polar surface area (TPSA) is 198 Å². The molecule has 1 spiro atoms. The second kappa shape index (κ2) is 14.5. The van der Waals surface area contributed by atoms with Crippen molar-refractivity contribution in [2.45, 2.75) is 87.4 Å². The van der Waals surface area contributed by atoms with Gasteiger partial charge in [0.15, 0.2) is 11.5 Å². The van der Waals surface area contributed by atoms with Gasteiger partial charge in [-0.2, -0.15) is 0 Å². The quantitative estimate of drug-likeness (QED) is 0.267. The Morgan fingerprint density at radius 3 is 2.28 bits per heavy atom. The molecule has 61 heavy (non-hydrogen) atoms. The maximum Gasteiger partial charge on any atom is 0.320 e. The van der Waals surface area contributed by atoms with Gasteiger partial charge in [0.05, 0.1) is 28.9 Å². The van der Waals surface area contributed by atoms with Gasteiger partial charge in [-0.1, -0.05) is 19.1 Å². The molecule has 0 radical (unpaired) electrons. The molecule has 17 heteroatoms. The van der Waals surface area contributed by atoms with Crippen LogP contribution in [0.2, 0.25) is 0 Å². The van der Waals surface area contributed by atoms with Gasteiger partial charge in [0.2, 0.25) is 11.8 Å². The van der Waals surface area contributed by atoms with Crippen LogP contribution in [-0.2, 0) is 15.0 Å². The lowest BCUT2D eigenvalue weighted by molar-refractivity contribution is -0.136. The second-order valence-corrected chi connectivity index (χ2v) is 18.3. The minimum absolute atomic E-state index is 0.0129. The van der Waals surface area contributed by atoms with E-state index in [-0.39, 0.29) is 47.1 Å². The van der Waals surface area contributed by atoms with Gasteiger partial charge < -0.3 is 30.7 Å². The van der Waals surface area contributed by atoms with Gasteiger partial charge >= 0.3 is 6.03 Å². The summed E-state index contributed by atoms with van der Waals surface area (Å²) in [4.78, 5) is 97.4. The Labute approximate surface area is 353 Å². The van der Waals surface area contributed by atoms with E-state index in [0.717, 1.165) is 94.1 Å². The van der Waals surface area contributed by atoms with Gasteiger partial charge in [-0.25, -0.2) is 14.8 Å². The molecule has 6 aliphatic heterocycles. The number of primary amides is 1. The van der Waals surface area contributed by atoms with Gasteiger partial charge in [0.1, 0.15) is 11.9 Å². The molecule has 2 aromatic carbocycles. The van der Waals surface area contributed by atoms with E-state index in [0.29, 0.717) is 29.8 Å². The molecule has 5 saturated heterocycles. The van der Waals surface area contributed by atoms with Crippen molar-refractivity contribution in [2.24, 2.45) is 5.73 Å². The molecule has 318 valence electrons. The molecule has 2 unspecified atom stereocenters. The molecule has 1 saturated carbocycles. The molecule has 0 bridgehead atoms. The number of nitrogens with one attached hydrogen (secondary N) is 2. The molecular formula is C44H51N11O6. The highest BCUT2D eigenvalue weighted by atomic mass is 16.2. The van der Waals surface area contributed by atoms with E-state index in [2.05, 4.69) is 49.4 Å². The number of piperidine rings is 3. The van der Waals surface area contributed by atoms with Gasteiger partial charge in [0, 0.05) is 63.6 Å². The van der Waals surface area contributed by atoms with Crippen molar-refractivity contribution >= 4 is 58.6 Å². The summed E-state index contributed by atoms with van der Waals surface area (Å²) in [7, 11) is 1.92. The van der Waals surface area contributed by atoms with Crippen LogP contribution < -0.4 is 26.2 Å². The van der Waals surface area contributed by atoms with E-state index in [1.807, 2.05) is 35.0 Å². The fraction of sp³-hybridized carbons (Fsp3) is 0.500. The number of rotatable bonds is 9. The normalized spacial score (nSPS) is 25.0. The van der Waals surface area contributed by atoms with E-state index in [1.54, 1.807) is 18.3 Å². The van der Waals surface area contributed by atoms with Gasteiger partial charge in [-0.05, 0) is 99.3 Å². The first-order valence-electron chi connectivity index (χ1n) is 21.5. The van der Waals surface area contributed by atoms with Crippen LogP contribution in [-0.4, -0.2) is 142 Å². The summed E-state index contributed by atoms with van der Waals surface area (Å²) in [5.41, 5.74) is 9.27. The summed E-state index contributed by atoms with van der Waals surface area (Å²) >= 11 is 0. The molecule has 17 nitrogen and oxygen atoms in total. The Morgan fingerprint density at radius 2 is 1.59 bits per heavy atom. The third kappa shape index (κ3) is 6.73. The first-order chi connectivity index (χ1) is 29.3. The fourth-order valence-electron chi connectivity index (χ4n) is 10.3. The van der Waals surface area contributed by atoms with Crippen molar-refractivity contribution < 1.29 is 28.8 Å². The lowest BCUT2D eigenvalue weighted by atomic mass is 9.74. The summed E-state index contributed by atoms with van der Waals surface area (Å²) in [5, 5.41) is 5.56. The summed E-state index contributed by atoms with van der Waals surface area (Å²) in [6.07, 6.45) is 7.76. The second-order valence-electron chi connectivity index (χ2n) is 18.3. The molecule has 7 aliphatic rings. The largest absolute Gasteiger partial charge is 0.368 e. The van der Waals surface area contributed by atoms with Crippen molar-refractivity contribution in [3.63, 3.8) is 0 Å². The molecule has 1 aromatic heterocycles. The highest BCUT2D eigenvalue weighted by Gasteiger charge is 2.57. The first kappa shape index (κ1) is 39.1. The van der Waals surface area contributed by atoms with Gasteiger partial charge in [-0.3, -0.25) is 39.1 Å². The smallest absolute Gasteiger partial charge is 0.320 e. The number of anilines is 4. The van der Waals surface area contributed by atoms with Crippen molar-refractivity contribution in [2.75, 3.05) is 68.0 Å². The Morgan fingerprint density at radius 1 is 0.869 bits per heavy atom. The van der Waals surface area contributed by atoms with E-state index in [1.165, 1.54) is 5.56 Å². The van der Waals surface area contributed by atoms with Crippen LogP contribution in [0.25, 0.3) is 0 Å². The number of aromatic nitrogens is 2. The summed E-state index contributed by atoms with van der Waals surface area (Å²) in [6.45, 7) is 8.01. The van der Waals surface area contributed by atoms with Crippen LogP contribution in [0, 0.1) is 0 Å². The molecule has 2 atom stereocenters. The molecule has 7 heterocycles. The number of carbonyl (C=O) groups excluding carboxylic acids is 6. The van der Waals surface area contributed by atoms with Crippen LogP contribution >= 0.6 is 0 Å². The first-order valence-corrected chi connectivity index (χ1v) is 21.5. The molecule has 4 N–H and O–H groups in total. The lowest BCUT2D eigenvalue weighted by Gasteiger charge is -2.50. The number of amides is 7. The Balaban J connectivity index is 0.745. The SMILES string of the molecule is CN1C(=O)N(C2CCCN(c3cnc(C(N)=O)c(Nc4ccc(C5(C)CCN(C6CN(c7ccc8c(c7)C(=O)N(C7CCC(=O)NC7=O)C8=O)C6)CC5)cc4)n3)C2)CC12CC2. The van der Waals surface area contributed by atoms with E-state index >= 15 is 0 Å². The fourth-order valence-corrected chi connectivity index (χ4v) is 10.3. The Hall–Kier alpha value is -6.10. The minimum atomic E-state index is -0.984. The van der Waals surface area contributed by atoms with Crippen LogP contribution in [0.5, 0.6) is 0 Å². The van der Waals surface area contributed by atoms with Crippen molar-refractivity contribution in [1.82, 2.24) is 34.9 Å². The molecule has 3 aromatic rings. The van der Waals surface area contributed by atoms with Gasteiger partial charge in [-0.15, -0.1) is 0 Å². The van der Waals surface area contributed by atoms with Crippen LogP contribution in [0.1, 0.15) is 95.1 Å². The van der Waals surface area contributed by atoms with Crippen LogP contribution in [0.3, 0.4) is 0 Å². The molecular weight excluding hydrogens is 779 g/mol. The third-order valence-corrected chi connectivity index (χ3v) is 14.6. The van der Waals surface area contributed by atoms with Crippen molar-refractivity contribution in [3.05, 3.63) is 71.0 Å². The van der Waals surface area contributed by atoms with Crippen LogP contribution in [0.15, 0.2) is 48.7 Å². The number of likely N-dealkylation sites (N-methyl/N-ethyl adjacent to an activating group) is 1. The molecule has 6 fully saturated rings. The third-order valence-electron chi connectivity index (χ3n) is 14.6. The summed E-state index contributed by atoms with van der Waals surface area (Å²) < 4.78 is 0. The monoisotopic (exact) mass is 829 g/mol. The predicted octanol–water partition coefficient (Wildman–Crippen LogP) is 2.83. The summed E-state index contributed by atoms with van der Waals surface area (Å²) in [6, 6.07) is 13.2.